The Balaban J connectivity index is 1.44. The van der Waals surface area contributed by atoms with Gasteiger partial charge in [0.25, 0.3) is 0 Å². The Hall–Kier alpha value is -3.82. The normalized spacial score (nSPS) is 11.6. The van der Waals surface area contributed by atoms with Gasteiger partial charge in [-0.25, -0.2) is 18.7 Å². The summed E-state index contributed by atoms with van der Waals surface area (Å²) < 4.78 is 72.2. The molecule has 0 saturated carbocycles. The number of aromatic nitrogens is 3. The minimum Gasteiger partial charge on any atom is -0.457 e. The molecule has 0 saturated heterocycles. The predicted octanol–water partition coefficient (Wildman–Crippen LogP) is 6.08. The van der Waals surface area contributed by atoms with Crippen LogP contribution in [0.25, 0.3) is 10.9 Å². The molecule has 0 aliphatic heterocycles. The molecule has 0 spiro atoms. The fourth-order valence-electron chi connectivity index (χ4n) is 3.30. The number of anilines is 1. The van der Waals surface area contributed by atoms with Gasteiger partial charge < -0.3 is 10.1 Å². The van der Waals surface area contributed by atoms with E-state index in [-0.39, 0.29) is 22.5 Å². The smallest absolute Gasteiger partial charge is 0.433 e. The maximum absolute atomic E-state index is 14.2. The van der Waals surface area contributed by atoms with Crippen molar-refractivity contribution in [3.05, 3.63) is 83.4 Å². The minimum atomic E-state index is -4.56. The monoisotopic (exact) mass is 460 g/mol. The van der Waals surface area contributed by atoms with Crippen molar-refractivity contribution >= 4 is 16.7 Å². The van der Waals surface area contributed by atoms with Gasteiger partial charge in [0.05, 0.1) is 5.39 Å². The molecule has 0 amide bonds. The van der Waals surface area contributed by atoms with Gasteiger partial charge in [0.2, 0.25) is 0 Å². The van der Waals surface area contributed by atoms with Gasteiger partial charge in [-0.15, -0.1) is 0 Å². The molecular weight excluding hydrogens is 443 g/mol. The number of hydrogen-bond donors (Lipinski definition) is 1. The van der Waals surface area contributed by atoms with Crippen LogP contribution in [0.2, 0.25) is 0 Å². The first-order valence-electron chi connectivity index (χ1n) is 9.85. The second kappa shape index (κ2) is 8.97. The predicted molar refractivity (Wildman–Crippen MR) is 112 cm³/mol. The lowest BCUT2D eigenvalue weighted by Gasteiger charge is -2.13. The van der Waals surface area contributed by atoms with E-state index in [1.807, 2.05) is 6.07 Å². The summed E-state index contributed by atoms with van der Waals surface area (Å²) in [5.41, 5.74) is 0.491. The molecule has 10 heteroatoms. The van der Waals surface area contributed by atoms with E-state index in [1.54, 1.807) is 19.1 Å². The number of rotatable bonds is 6. The van der Waals surface area contributed by atoms with Gasteiger partial charge in [-0.2, -0.15) is 13.2 Å². The van der Waals surface area contributed by atoms with Crippen molar-refractivity contribution in [3.8, 4) is 11.5 Å². The van der Waals surface area contributed by atoms with Crippen molar-refractivity contribution in [1.82, 2.24) is 15.0 Å². The molecular formula is C23H17F5N4O. The molecule has 4 aromatic rings. The topological polar surface area (TPSA) is 59.9 Å². The van der Waals surface area contributed by atoms with Crippen molar-refractivity contribution in [2.24, 2.45) is 0 Å². The second-order valence-corrected chi connectivity index (χ2v) is 7.23. The Morgan fingerprint density at radius 1 is 0.939 bits per heavy atom. The summed E-state index contributed by atoms with van der Waals surface area (Å²) in [7, 11) is 0. The van der Waals surface area contributed by atoms with Gasteiger partial charge in [0.15, 0.2) is 0 Å². The number of aryl methyl sites for hydroxylation is 1. The molecule has 4 rings (SSSR count). The molecule has 33 heavy (non-hydrogen) atoms. The van der Waals surface area contributed by atoms with E-state index in [2.05, 4.69) is 20.3 Å². The molecule has 0 radical (unpaired) electrons. The Labute approximate surface area is 185 Å². The molecule has 0 fully saturated rings. The van der Waals surface area contributed by atoms with Crippen LogP contribution in [-0.4, -0.2) is 21.5 Å². The minimum absolute atomic E-state index is 0.0204. The summed E-state index contributed by atoms with van der Waals surface area (Å²) in [5.74, 6) is -0.645. The van der Waals surface area contributed by atoms with Gasteiger partial charge in [0, 0.05) is 18.8 Å². The fourth-order valence-corrected chi connectivity index (χ4v) is 3.30. The average molecular weight is 460 g/mol. The Bertz CT molecular complexity index is 1310. The number of fused-ring (bicyclic) bond motifs is 1. The maximum Gasteiger partial charge on any atom is 0.433 e. The molecule has 0 aliphatic rings. The molecule has 170 valence electrons. The number of benzene rings is 2. The summed E-state index contributed by atoms with van der Waals surface area (Å²) >= 11 is 0. The van der Waals surface area contributed by atoms with Gasteiger partial charge >= 0.3 is 6.18 Å². The van der Waals surface area contributed by atoms with E-state index in [0.717, 1.165) is 41.9 Å². The third-order valence-corrected chi connectivity index (χ3v) is 4.88. The summed E-state index contributed by atoms with van der Waals surface area (Å²) in [6.45, 7) is 2.15. The first kappa shape index (κ1) is 22.4. The molecule has 5 nitrogen and oxygen atoms in total. The van der Waals surface area contributed by atoms with E-state index in [4.69, 9.17) is 4.74 Å². The maximum atomic E-state index is 14.2. The van der Waals surface area contributed by atoms with E-state index in [0.29, 0.717) is 18.7 Å². The molecule has 0 unspecified atom stereocenters. The number of ether oxygens (including phenoxy) is 1. The van der Waals surface area contributed by atoms with Gasteiger partial charge in [-0.05, 0) is 48.7 Å². The van der Waals surface area contributed by atoms with Gasteiger partial charge in [-0.3, -0.25) is 4.98 Å². The number of nitrogens with one attached hydrogen (secondary N) is 1. The van der Waals surface area contributed by atoms with E-state index in [9.17, 15) is 22.0 Å². The largest absolute Gasteiger partial charge is 0.457 e. The molecule has 2 aromatic heterocycles. The highest BCUT2D eigenvalue weighted by molar-refractivity contribution is 5.89. The molecule has 2 heterocycles. The third-order valence-electron chi connectivity index (χ3n) is 4.88. The van der Waals surface area contributed by atoms with Crippen molar-refractivity contribution < 1.29 is 26.7 Å². The van der Waals surface area contributed by atoms with Crippen LogP contribution in [0.4, 0.5) is 27.8 Å². The summed E-state index contributed by atoms with van der Waals surface area (Å²) in [6.07, 6.45) is -1.84. The molecule has 0 bridgehead atoms. The van der Waals surface area contributed by atoms with Gasteiger partial charge in [-0.1, -0.05) is 12.1 Å². The lowest BCUT2D eigenvalue weighted by Crippen LogP contribution is -2.08. The van der Waals surface area contributed by atoms with E-state index in [1.165, 1.54) is 6.07 Å². The quantitative estimate of drug-likeness (QED) is 0.354. The summed E-state index contributed by atoms with van der Waals surface area (Å²) in [5, 5.41) is 2.98. The Morgan fingerprint density at radius 2 is 1.73 bits per heavy atom. The van der Waals surface area contributed by atoms with Gasteiger partial charge in [0.1, 0.15) is 46.5 Å². The first-order chi connectivity index (χ1) is 15.7. The molecule has 0 aliphatic carbocycles. The number of nitrogens with zero attached hydrogens (tertiary/aromatic N) is 3. The first-order valence-corrected chi connectivity index (χ1v) is 9.85. The van der Waals surface area contributed by atoms with Crippen LogP contribution in [0, 0.1) is 18.6 Å². The van der Waals surface area contributed by atoms with Crippen molar-refractivity contribution in [3.63, 3.8) is 0 Å². The van der Waals surface area contributed by atoms with Crippen LogP contribution in [0.15, 0.2) is 55.0 Å². The zero-order chi connectivity index (χ0) is 23.6. The zero-order valence-corrected chi connectivity index (χ0v) is 17.3. The molecule has 0 atom stereocenters. The van der Waals surface area contributed by atoms with Crippen LogP contribution >= 0.6 is 0 Å². The van der Waals surface area contributed by atoms with Crippen LogP contribution < -0.4 is 10.1 Å². The van der Waals surface area contributed by atoms with Crippen molar-refractivity contribution in [2.45, 2.75) is 19.5 Å². The van der Waals surface area contributed by atoms with Crippen LogP contribution in [-0.2, 0) is 12.6 Å². The number of pyridine rings is 1. The van der Waals surface area contributed by atoms with E-state index < -0.39 is 23.5 Å². The third kappa shape index (κ3) is 5.00. The standard InChI is InChI=1S/C23H17F5N4O/c1-13-10-14(2-5-18(13)33-15-7-9-29-19(11-15)23(26,27)28)6-8-30-22-20-16(24)3-4-17(25)21(20)31-12-32-22/h2-5,7,9-12H,6,8H2,1H3,(H,30,31,32). The summed E-state index contributed by atoms with van der Waals surface area (Å²) in [6, 6.07) is 9.49. The number of halogens is 5. The van der Waals surface area contributed by atoms with Crippen LogP contribution in [0.1, 0.15) is 16.8 Å². The van der Waals surface area contributed by atoms with Crippen molar-refractivity contribution in [1.29, 1.82) is 0 Å². The number of hydrogen-bond acceptors (Lipinski definition) is 5. The van der Waals surface area contributed by atoms with Crippen molar-refractivity contribution in [2.75, 3.05) is 11.9 Å². The molecule has 2 aromatic carbocycles. The van der Waals surface area contributed by atoms with Crippen LogP contribution in [0.3, 0.4) is 0 Å². The summed E-state index contributed by atoms with van der Waals surface area (Å²) in [4.78, 5) is 11.1. The zero-order valence-electron chi connectivity index (χ0n) is 17.3. The Kier molecular flexibility index (Phi) is 6.08. The lowest BCUT2D eigenvalue weighted by molar-refractivity contribution is -0.141. The highest BCUT2D eigenvalue weighted by atomic mass is 19.4. The molecule has 1 N–H and O–H groups in total. The highest BCUT2D eigenvalue weighted by Crippen LogP contribution is 2.32. The fraction of sp³-hybridized carbons (Fsp3) is 0.174. The average Bonchev–Trinajstić information content (AvgIpc) is 2.78. The highest BCUT2D eigenvalue weighted by Gasteiger charge is 2.32. The second-order valence-electron chi connectivity index (χ2n) is 7.23. The number of alkyl halides is 3. The lowest BCUT2D eigenvalue weighted by atomic mass is 10.1. The Morgan fingerprint density at radius 3 is 2.48 bits per heavy atom. The van der Waals surface area contributed by atoms with Crippen LogP contribution in [0.5, 0.6) is 11.5 Å². The van der Waals surface area contributed by atoms with E-state index >= 15 is 0 Å². The SMILES string of the molecule is Cc1cc(CCNc2ncnc3c(F)ccc(F)c23)ccc1Oc1ccnc(C(F)(F)F)c1.